The predicted molar refractivity (Wildman–Crippen MR) is 97.7 cm³/mol. The van der Waals surface area contributed by atoms with Crippen LogP contribution in [0.25, 0.3) is 0 Å². The Hall–Kier alpha value is -1.32. The standard InChI is InChI=1S/C17H22FN3O2S2/c1-20-7-9-21(10-8-20)17(14-6-11-24-13-14)12-19-25(22,23)16-4-2-15(18)3-5-16/h2-6,11,13,17,19H,7-10,12H2,1H3. The molecule has 1 N–H and O–H groups in total. The van der Waals surface area contributed by atoms with Gasteiger partial charge in [0.1, 0.15) is 5.82 Å². The van der Waals surface area contributed by atoms with E-state index in [0.29, 0.717) is 6.54 Å². The Kier molecular flexibility index (Phi) is 5.85. The minimum Gasteiger partial charge on any atom is -0.304 e. The van der Waals surface area contributed by atoms with E-state index < -0.39 is 15.8 Å². The monoisotopic (exact) mass is 383 g/mol. The molecule has 8 heteroatoms. The number of hydrogen-bond acceptors (Lipinski definition) is 5. The maximum Gasteiger partial charge on any atom is 0.240 e. The molecule has 0 bridgehead atoms. The number of rotatable bonds is 6. The lowest BCUT2D eigenvalue weighted by Crippen LogP contribution is -2.48. The summed E-state index contributed by atoms with van der Waals surface area (Å²) in [5.74, 6) is -0.451. The summed E-state index contributed by atoms with van der Waals surface area (Å²) in [5.41, 5.74) is 1.12. The van der Waals surface area contributed by atoms with Gasteiger partial charge in [0, 0.05) is 38.8 Å². The summed E-state index contributed by atoms with van der Waals surface area (Å²) in [6.07, 6.45) is 0. The number of likely N-dealkylation sites (N-methyl/N-ethyl adjacent to an activating group) is 1. The number of piperazine rings is 1. The van der Waals surface area contributed by atoms with E-state index in [2.05, 4.69) is 26.9 Å². The summed E-state index contributed by atoms with van der Waals surface area (Å²) in [4.78, 5) is 4.66. The summed E-state index contributed by atoms with van der Waals surface area (Å²) in [5, 5.41) is 4.07. The molecule has 0 aliphatic carbocycles. The summed E-state index contributed by atoms with van der Waals surface area (Å²) in [6.45, 7) is 4.02. The van der Waals surface area contributed by atoms with E-state index in [1.54, 1.807) is 11.3 Å². The van der Waals surface area contributed by atoms with Gasteiger partial charge >= 0.3 is 0 Å². The highest BCUT2D eigenvalue weighted by Crippen LogP contribution is 2.24. The SMILES string of the molecule is CN1CCN(C(CNS(=O)(=O)c2ccc(F)cc2)c2ccsc2)CC1. The molecule has 25 heavy (non-hydrogen) atoms. The first-order valence-electron chi connectivity index (χ1n) is 8.15. The van der Waals surface area contributed by atoms with Gasteiger partial charge in [0.25, 0.3) is 0 Å². The number of thiophene rings is 1. The third kappa shape index (κ3) is 4.65. The summed E-state index contributed by atoms with van der Waals surface area (Å²) in [6, 6.07) is 6.92. The Morgan fingerprint density at radius 2 is 1.84 bits per heavy atom. The Morgan fingerprint density at radius 3 is 2.44 bits per heavy atom. The van der Waals surface area contributed by atoms with E-state index in [1.165, 1.54) is 12.1 Å². The highest BCUT2D eigenvalue weighted by molar-refractivity contribution is 7.89. The van der Waals surface area contributed by atoms with Crippen molar-refractivity contribution in [3.63, 3.8) is 0 Å². The molecule has 5 nitrogen and oxygen atoms in total. The van der Waals surface area contributed by atoms with Crippen molar-refractivity contribution in [2.24, 2.45) is 0 Å². The Labute approximate surface area is 152 Å². The molecular weight excluding hydrogens is 361 g/mol. The van der Waals surface area contributed by atoms with Crippen LogP contribution in [0.5, 0.6) is 0 Å². The van der Waals surface area contributed by atoms with Gasteiger partial charge in [-0.15, -0.1) is 0 Å². The number of sulfonamides is 1. The van der Waals surface area contributed by atoms with Gasteiger partial charge in [-0.2, -0.15) is 11.3 Å². The molecule has 1 fully saturated rings. The summed E-state index contributed by atoms with van der Waals surface area (Å²) < 4.78 is 40.7. The van der Waals surface area contributed by atoms with Gasteiger partial charge in [0.2, 0.25) is 10.0 Å². The quantitative estimate of drug-likeness (QED) is 0.831. The number of halogens is 1. The lowest BCUT2D eigenvalue weighted by Gasteiger charge is -2.37. The van der Waals surface area contributed by atoms with E-state index in [9.17, 15) is 12.8 Å². The third-order valence-corrected chi connectivity index (χ3v) is 6.64. The Balaban J connectivity index is 1.73. The Bertz CT molecular complexity index is 771. The lowest BCUT2D eigenvalue weighted by molar-refractivity contribution is 0.113. The van der Waals surface area contributed by atoms with Gasteiger partial charge in [-0.3, -0.25) is 4.90 Å². The molecule has 2 aromatic rings. The van der Waals surface area contributed by atoms with Crippen LogP contribution in [0.4, 0.5) is 4.39 Å². The molecule has 1 aliphatic heterocycles. The zero-order chi connectivity index (χ0) is 17.9. The van der Waals surface area contributed by atoms with Gasteiger partial charge in [-0.05, 0) is 53.7 Å². The van der Waals surface area contributed by atoms with Gasteiger partial charge in [0.15, 0.2) is 0 Å². The van der Waals surface area contributed by atoms with Crippen LogP contribution in [0.15, 0.2) is 46.0 Å². The largest absolute Gasteiger partial charge is 0.304 e. The van der Waals surface area contributed by atoms with E-state index in [1.807, 2.05) is 11.4 Å². The van der Waals surface area contributed by atoms with Crippen molar-refractivity contribution in [1.29, 1.82) is 0 Å². The number of nitrogens with one attached hydrogen (secondary N) is 1. The van der Waals surface area contributed by atoms with Crippen molar-refractivity contribution in [3.05, 3.63) is 52.5 Å². The molecule has 1 aromatic heterocycles. The van der Waals surface area contributed by atoms with Crippen LogP contribution >= 0.6 is 11.3 Å². The molecule has 0 saturated carbocycles. The van der Waals surface area contributed by atoms with Crippen molar-refractivity contribution in [2.75, 3.05) is 39.8 Å². The van der Waals surface area contributed by atoms with Crippen molar-refractivity contribution < 1.29 is 12.8 Å². The van der Waals surface area contributed by atoms with E-state index in [4.69, 9.17) is 0 Å². The lowest BCUT2D eigenvalue weighted by atomic mass is 10.1. The number of benzene rings is 1. The van der Waals surface area contributed by atoms with Gasteiger partial charge < -0.3 is 4.90 Å². The zero-order valence-electron chi connectivity index (χ0n) is 14.1. The average Bonchev–Trinajstić information content (AvgIpc) is 3.11. The molecule has 1 aliphatic rings. The fourth-order valence-electron chi connectivity index (χ4n) is 2.94. The first-order valence-corrected chi connectivity index (χ1v) is 10.6. The van der Waals surface area contributed by atoms with Crippen LogP contribution in [-0.2, 0) is 10.0 Å². The van der Waals surface area contributed by atoms with Crippen LogP contribution in [0.1, 0.15) is 11.6 Å². The molecule has 0 amide bonds. The second kappa shape index (κ2) is 7.92. The maximum absolute atomic E-state index is 13.0. The summed E-state index contributed by atoms with van der Waals surface area (Å²) in [7, 11) is -1.57. The smallest absolute Gasteiger partial charge is 0.240 e. The maximum atomic E-state index is 13.0. The van der Waals surface area contributed by atoms with Gasteiger partial charge in [-0.1, -0.05) is 0 Å². The van der Waals surface area contributed by atoms with Gasteiger partial charge in [-0.25, -0.2) is 17.5 Å². The van der Waals surface area contributed by atoms with E-state index >= 15 is 0 Å². The fourth-order valence-corrected chi connectivity index (χ4v) is 4.69. The second-order valence-corrected chi connectivity index (χ2v) is 8.76. The van der Waals surface area contributed by atoms with Crippen LogP contribution in [0, 0.1) is 5.82 Å². The molecule has 3 rings (SSSR count). The minimum atomic E-state index is -3.66. The normalized spacial score (nSPS) is 18.3. The summed E-state index contributed by atoms with van der Waals surface area (Å²) >= 11 is 1.61. The van der Waals surface area contributed by atoms with Crippen molar-refractivity contribution >= 4 is 21.4 Å². The van der Waals surface area contributed by atoms with Crippen molar-refractivity contribution in [1.82, 2.24) is 14.5 Å². The molecule has 0 radical (unpaired) electrons. The minimum absolute atomic E-state index is 0.00447. The van der Waals surface area contributed by atoms with Crippen LogP contribution in [0.3, 0.4) is 0 Å². The van der Waals surface area contributed by atoms with Crippen LogP contribution < -0.4 is 4.72 Å². The first kappa shape index (κ1) is 18.5. The molecule has 1 saturated heterocycles. The molecule has 1 unspecified atom stereocenters. The fraction of sp³-hybridized carbons (Fsp3) is 0.412. The molecule has 0 spiro atoms. The zero-order valence-corrected chi connectivity index (χ0v) is 15.7. The molecule has 1 atom stereocenters. The molecule has 136 valence electrons. The number of hydrogen-bond donors (Lipinski definition) is 1. The van der Waals surface area contributed by atoms with Crippen LogP contribution in [0.2, 0.25) is 0 Å². The number of nitrogens with zero attached hydrogens (tertiary/aromatic N) is 2. The predicted octanol–water partition coefficient (Wildman–Crippen LogP) is 2.15. The van der Waals surface area contributed by atoms with Crippen molar-refractivity contribution in [2.45, 2.75) is 10.9 Å². The average molecular weight is 384 g/mol. The van der Waals surface area contributed by atoms with E-state index in [0.717, 1.165) is 43.9 Å². The van der Waals surface area contributed by atoms with Crippen LogP contribution in [-0.4, -0.2) is 58.0 Å². The topological polar surface area (TPSA) is 52.6 Å². The second-order valence-electron chi connectivity index (χ2n) is 6.22. The van der Waals surface area contributed by atoms with Gasteiger partial charge in [0.05, 0.1) is 4.90 Å². The molecule has 1 aromatic carbocycles. The van der Waals surface area contributed by atoms with E-state index in [-0.39, 0.29) is 10.9 Å². The molecule has 2 heterocycles. The first-order chi connectivity index (χ1) is 12.0. The Morgan fingerprint density at radius 1 is 1.16 bits per heavy atom. The van der Waals surface area contributed by atoms with Crippen molar-refractivity contribution in [3.8, 4) is 0 Å². The molecular formula is C17H22FN3O2S2. The third-order valence-electron chi connectivity index (χ3n) is 4.50. The highest BCUT2D eigenvalue weighted by atomic mass is 32.2. The highest BCUT2D eigenvalue weighted by Gasteiger charge is 2.26.